The van der Waals surface area contributed by atoms with E-state index in [0.29, 0.717) is 17.1 Å². The minimum Gasteiger partial charge on any atom is -0.497 e. The van der Waals surface area contributed by atoms with E-state index in [1.807, 2.05) is 10.6 Å². The molecule has 114 valence electrons. The molecule has 1 aliphatic heterocycles. The van der Waals surface area contributed by atoms with Gasteiger partial charge in [0.15, 0.2) is 0 Å². The second-order valence-corrected chi connectivity index (χ2v) is 6.16. The van der Waals surface area contributed by atoms with E-state index >= 15 is 0 Å². The molecule has 1 aliphatic carbocycles. The third-order valence-corrected chi connectivity index (χ3v) is 5.08. The van der Waals surface area contributed by atoms with E-state index in [4.69, 9.17) is 4.74 Å². The number of pyridine rings is 1. The van der Waals surface area contributed by atoms with Crippen LogP contribution in [0.1, 0.15) is 53.6 Å². The smallest absolute Gasteiger partial charge is 0.341 e. The zero-order chi connectivity index (χ0) is 15.4. The number of hydrogen-bond acceptors (Lipinski definition) is 3. The van der Waals surface area contributed by atoms with Crippen LogP contribution in [0.15, 0.2) is 23.1 Å². The molecule has 0 saturated heterocycles. The summed E-state index contributed by atoms with van der Waals surface area (Å²) < 4.78 is 7.35. The largest absolute Gasteiger partial charge is 0.497 e. The van der Waals surface area contributed by atoms with Crippen molar-refractivity contribution < 1.29 is 14.6 Å². The molecular formula is C17H17NO4. The van der Waals surface area contributed by atoms with Crippen molar-refractivity contribution in [1.29, 1.82) is 0 Å². The maximum atomic E-state index is 12.5. The van der Waals surface area contributed by atoms with Gasteiger partial charge in [0.1, 0.15) is 11.3 Å². The second kappa shape index (κ2) is 4.60. The fraction of sp³-hybridized carbons (Fsp3) is 0.412. The van der Waals surface area contributed by atoms with Crippen LogP contribution in [0, 0.1) is 0 Å². The number of ether oxygens (including phenoxy) is 1. The molecular weight excluding hydrogens is 282 g/mol. The number of carboxylic acids is 1. The van der Waals surface area contributed by atoms with E-state index in [-0.39, 0.29) is 11.6 Å². The molecule has 2 atom stereocenters. The average molecular weight is 299 g/mol. The Morgan fingerprint density at radius 1 is 1.32 bits per heavy atom. The lowest BCUT2D eigenvalue weighted by Crippen LogP contribution is -2.20. The maximum absolute atomic E-state index is 12.5. The molecule has 1 N–H and O–H groups in total. The zero-order valence-corrected chi connectivity index (χ0v) is 12.3. The third-order valence-electron chi connectivity index (χ3n) is 5.08. The Hall–Kier alpha value is -2.30. The summed E-state index contributed by atoms with van der Waals surface area (Å²) in [6.45, 7) is 0. The van der Waals surface area contributed by atoms with E-state index in [2.05, 4.69) is 0 Å². The Kier molecular flexibility index (Phi) is 2.79. The van der Waals surface area contributed by atoms with E-state index in [1.54, 1.807) is 19.4 Å². The summed E-state index contributed by atoms with van der Waals surface area (Å²) in [5.41, 5.74) is 1.45. The van der Waals surface area contributed by atoms with Crippen LogP contribution in [0.5, 0.6) is 5.75 Å². The monoisotopic (exact) mass is 299 g/mol. The summed E-state index contributed by atoms with van der Waals surface area (Å²) >= 11 is 0. The van der Waals surface area contributed by atoms with Gasteiger partial charge in [-0.2, -0.15) is 0 Å². The Morgan fingerprint density at radius 2 is 2.09 bits per heavy atom. The highest BCUT2D eigenvalue weighted by Crippen LogP contribution is 2.49. The maximum Gasteiger partial charge on any atom is 0.341 e. The number of hydrogen-bond donors (Lipinski definition) is 1. The van der Waals surface area contributed by atoms with Crippen molar-refractivity contribution >= 4 is 16.9 Å². The van der Waals surface area contributed by atoms with Crippen LogP contribution in [0.2, 0.25) is 0 Å². The fourth-order valence-electron chi connectivity index (χ4n) is 4.12. The van der Waals surface area contributed by atoms with Crippen LogP contribution in [-0.2, 0) is 0 Å². The minimum absolute atomic E-state index is 0.155. The van der Waals surface area contributed by atoms with Gasteiger partial charge in [-0.15, -0.1) is 0 Å². The lowest BCUT2D eigenvalue weighted by Gasteiger charge is -2.27. The summed E-state index contributed by atoms with van der Waals surface area (Å²) in [7, 11) is 1.57. The molecule has 0 spiro atoms. The third kappa shape index (κ3) is 1.65. The second-order valence-electron chi connectivity index (χ2n) is 6.16. The van der Waals surface area contributed by atoms with Crippen molar-refractivity contribution in [3.05, 3.63) is 39.7 Å². The first-order chi connectivity index (χ1) is 10.6. The standard InChI is InChI=1S/C17H17NO4/c1-22-9-6-11-10-4-2-3-5-14(10)18-8-13(17(20)21)16(19)12(7-9)15(11)18/h6-8,10,14H,2-5H2,1H3,(H,20,21). The van der Waals surface area contributed by atoms with Gasteiger partial charge >= 0.3 is 5.97 Å². The number of aromatic carboxylic acids is 1. The quantitative estimate of drug-likeness (QED) is 0.925. The van der Waals surface area contributed by atoms with Gasteiger partial charge in [-0.25, -0.2) is 4.79 Å². The summed E-state index contributed by atoms with van der Waals surface area (Å²) in [5, 5.41) is 9.80. The SMILES string of the molecule is COc1cc2c3c(c1)c(=O)c(C(=O)O)cn3C1CCCCC21. The number of carbonyl (C=O) groups is 1. The van der Waals surface area contributed by atoms with Gasteiger partial charge in [0.2, 0.25) is 5.43 Å². The molecule has 22 heavy (non-hydrogen) atoms. The minimum atomic E-state index is -1.17. The van der Waals surface area contributed by atoms with Gasteiger partial charge in [-0.05, 0) is 30.5 Å². The first-order valence-corrected chi connectivity index (χ1v) is 7.62. The normalized spacial score (nSPS) is 22.6. The predicted octanol–water partition coefficient (Wildman–Crippen LogP) is 2.92. The Morgan fingerprint density at radius 3 is 2.82 bits per heavy atom. The summed E-state index contributed by atoms with van der Waals surface area (Å²) in [5.74, 6) is -0.186. The Labute approximate surface area is 127 Å². The number of rotatable bonds is 2. The lowest BCUT2D eigenvalue weighted by molar-refractivity contribution is 0.0694. The molecule has 1 aromatic carbocycles. The van der Waals surface area contributed by atoms with Crippen molar-refractivity contribution in [3.8, 4) is 5.75 Å². The molecule has 5 nitrogen and oxygen atoms in total. The summed E-state index contributed by atoms with van der Waals surface area (Å²) in [4.78, 5) is 23.9. The number of aromatic nitrogens is 1. The molecule has 0 amide bonds. The lowest BCUT2D eigenvalue weighted by atomic mass is 9.82. The van der Waals surface area contributed by atoms with E-state index in [9.17, 15) is 14.7 Å². The van der Waals surface area contributed by atoms with Crippen molar-refractivity contribution in [2.24, 2.45) is 0 Å². The molecule has 1 aromatic heterocycles. The molecule has 2 aliphatic rings. The zero-order valence-electron chi connectivity index (χ0n) is 12.3. The van der Waals surface area contributed by atoms with E-state index < -0.39 is 11.4 Å². The van der Waals surface area contributed by atoms with Crippen molar-refractivity contribution in [2.45, 2.75) is 37.6 Å². The molecule has 0 bridgehead atoms. The summed E-state index contributed by atoms with van der Waals surface area (Å²) in [6, 6.07) is 3.94. The number of carboxylic acid groups (broad SMARTS) is 1. The molecule has 1 saturated carbocycles. The topological polar surface area (TPSA) is 68.5 Å². The van der Waals surface area contributed by atoms with Gasteiger partial charge in [0.05, 0.1) is 18.0 Å². The highest BCUT2D eigenvalue weighted by atomic mass is 16.5. The fourth-order valence-corrected chi connectivity index (χ4v) is 4.12. The molecule has 4 rings (SSSR count). The first-order valence-electron chi connectivity index (χ1n) is 7.62. The van der Waals surface area contributed by atoms with Crippen LogP contribution in [0.3, 0.4) is 0 Å². The Balaban J connectivity index is 2.12. The molecule has 5 heteroatoms. The van der Waals surface area contributed by atoms with Crippen molar-refractivity contribution in [1.82, 2.24) is 4.57 Å². The molecule has 2 heterocycles. The molecule has 2 aromatic rings. The molecule has 1 fully saturated rings. The van der Waals surface area contributed by atoms with Crippen molar-refractivity contribution in [3.63, 3.8) is 0 Å². The van der Waals surface area contributed by atoms with E-state index in [0.717, 1.165) is 30.3 Å². The van der Waals surface area contributed by atoms with Gasteiger partial charge in [0.25, 0.3) is 0 Å². The number of nitrogens with zero attached hydrogens (tertiary/aromatic N) is 1. The summed E-state index contributed by atoms with van der Waals surface area (Å²) in [6.07, 6.45) is 5.95. The van der Waals surface area contributed by atoms with Crippen LogP contribution in [0.25, 0.3) is 10.9 Å². The van der Waals surface area contributed by atoms with Crippen LogP contribution >= 0.6 is 0 Å². The Bertz CT molecular complexity index is 852. The highest BCUT2D eigenvalue weighted by molar-refractivity contribution is 5.95. The number of benzene rings is 1. The van der Waals surface area contributed by atoms with Gasteiger partial charge in [-0.1, -0.05) is 12.8 Å². The van der Waals surface area contributed by atoms with E-state index in [1.165, 1.54) is 6.42 Å². The van der Waals surface area contributed by atoms with Crippen LogP contribution < -0.4 is 10.2 Å². The average Bonchev–Trinajstić information content (AvgIpc) is 2.85. The van der Waals surface area contributed by atoms with Crippen molar-refractivity contribution in [2.75, 3.05) is 7.11 Å². The van der Waals surface area contributed by atoms with Gasteiger partial charge in [-0.3, -0.25) is 4.79 Å². The first kappa shape index (κ1) is 13.4. The van der Waals surface area contributed by atoms with Gasteiger partial charge < -0.3 is 14.4 Å². The van der Waals surface area contributed by atoms with Crippen LogP contribution in [-0.4, -0.2) is 22.8 Å². The van der Waals surface area contributed by atoms with Crippen LogP contribution in [0.4, 0.5) is 0 Å². The molecule has 2 unspecified atom stereocenters. The predicted molar refractivity (Wildman–Crippen MR) is 82.0 cm³/mol. The van der Waals surface area contributed by atoms with Gasteiger partial charge in [0, 0.05) is 18.2 Å². The number of fused-ring (bicyclic) bond motifs is 3. The number of methoxy groups -OCH3 is 1. The highest BCUT2D eigenvalue weighted by Gasteiger charge is 2.37. The molecule has 0 radical (unpaired) electrons.